The minimum Gasteiger partial charge on any atom is -0.272 e. The average Bonchev–Trinajstić information content (AvgIpc) is 3.24. The first-order valence-corrected chi connectivity index (χ1v) is 11.6. The number of hydrogen-bond donors (Lipinski definition) is 1. The molecule has 1 saturated carbocycles. The Kier molecular flexibility index (Phi) is 4.28. The molecule has 1 aliphatic heterocycles. The van der Waals surface area contributed by atoms with E-state index >= 15 is 0 Å². The summed E-state index contributed by atoms with van der Waals surface area (Å²) in [5.74, 6) is -0.507. The molecule has 1 aromatic heterocycles. The summed E-state index contributed by atoms with van der Waals surface area (Å²) < 4.78 is 0. The summed E-state index contributed by atoms with van der Waals surface area (Å²) in [6.45, 7) is 6.82. The van der Waals surface area contributed by atoms with E-state index in [2.05, 4.69) is 38.3 Å². The number of amides is 3. The van der Waals surface area contributed by atoms with Crippen LogP contribution in [0, 0.1) is 35.0 Å². The molecule has 2 heterocycles. The lowest BCUT2D eigenvalue weighted by Gasteiger charge is -2.37. The summed E-state index contributed by atoms with van der Waals surface area (Å²) in [5.41, 5.74) is 4.66. The number of rotatable bonds is 2. The molecule has 0 aromatic carbocycles. The predicted octanol–water partition coefficient (Wildman–Crippen LogP) is 3.74. The largest absolute Gasteiger partial charge is 0.272 e. The first-order chi connectivity index (χ1) is 13.8. The number of nitrogens with one attached hydrogen (secondary N) is 1. The van der Waals surface area contributed by atoms with Gasteiger partial charge in [0.2, 0.25) is 0 Å². The highest BCUT2D eigenvalue weighted by atomic mass is 32.1. The van der Waals surface area contributed by atoms with E-state index in [1.54, 1.807) is 11.3 Å². The number of fused-ring (bicyclic) bond motifs is 2. The second kappa shape index (κ2) is 6.53. The van der Waals surface area contributed by atoms with Gasteiger partial charge in [0, 0.05) is 10.3 Å². The standard InChI is InChI=1S/C23H28N2O3S/c1-23(2,3)14-8-9-15-16(11-29-17(15)10-14)20(26)24-25-21(27)18-12-4-5-13(7-6-12)19(18)22(25)28/h4-5,11-14,18-19H,6-10H2,1-3H3,(H,24,26)/t12-,13-,14+,18+,19+/m0/s1. The van der Waals surface area contributed by atoms with E-state index in [1.807, 2.05) is 5.38 Å². The fourth-order valence-corrected chi connectivity index (χ4v) is 6.95. The monoisotopic (exact) mass is 412 g/mol. The van der Waals surface area contributed by atoms with Crippen LogP contribution in [0.5, 0.6) is 0 Å². The zero-order valence-electron chi connectivity index (χ0n) is 17.2. The Bertz CT molecular complexity index is 893. The fraction of sp³-hybridized carbons (Fsp3) is 0.609. The van der Waals surface area contributed by atoms with Crippen LogP contribution in [0.1, 0.15) is 60.8 Å². The first-order valence-electron chi connectivity index (χ1n) is 10.7. The number of carbonyl (C=O) groups excluding carboxylic acids is 3. The normalized spacial score (nSPS) is 33.1. The smallest absolute Gasteiger partial charge is 0.271 e. The minimum absolute atomic E-state index is 0.131. The second-order valence-corrected chi connectivity index (χ2v) is 11.1. The van der Waals surface area contributed by atoms with Gasteiger partial charge in [-0.15, -0.1) is 11.3 Å². The highest BCUT2D eigenvalue weighted by Gasteiger charge is 2.57. The summed E-state index contributed by atoms with van der Waals surface area (Å²) in [7, 11) is 0. The molecule has 0 unspecified atom stereocenters. The lowest BCUT2D eigenvalue weighted by molar-refractivity contribution is -0.143. The molecular weight excluding hydrogens is 384 g/mol. The van der Waals surface area contributed by atoms with Crippen LogP contribution in [-0.2, 0) is 22.4 Å². The molecule has 5 aliphatic rings. The Morgan fingerprint density at radius 1 is 1.07 bits per heavy atom. The van der Waals surface area contributed by atoms with Gasteiger partial charge in [-0.05, 0) is 60.8 Å². The summed E-state index contributed by atoms with van der Waals surface area (Å²) in [6.07, 6.45) is 9.03. The van der Waals surface area contributed by atoms with Crippen molar-refractivity contribution in [2.24, 2.45) is 35.0 Å². The molecule has 3 amide bonds. The number of imide groups is 1. The van der Waals surface area contributed by atoms with Gasteiger partial charge in [-0.3, -0.25) is 19.8 Å². The average molecular weight is 413 g/mol. The molecule has 5 nitrogen and oxygen atoms in total. The van der Waals surface area contributed by atoms with Gasteiger partial charge in [-0.1, -0.05) is 32.9 Å². The number of hydrogen-bond acceptors (Lipinski definition) is 4. The van der Waals surface area contributed by atoms with Crippen molar-refractivity contribution in [3.8, 4) is 0 Å². The Hall–Kier alpha value is -1.95. The number of carbonyl (C=O) groups is 3. The van der Waals surface area contributed by atoms with Crippen molar-refractivity contribution in [3.05, 3.63) is 33.5 Å². The highest BCUT2D eigenvalue weighted by molar-refractivity contribution is 7.10. The lowest BCUT2D eigenvalue weighted by atomic mass is 9.63. The molecule has 29 heavy (non-hydrogen) atoms. The maximum atomic E-state index is 13.0. The fourth-order valence-electron chi connectivity index (χ4n) is 5.79. The maximum Gasteiger partial charge on any atom is 0.271 e. The lowest BCUT2D eigenvalue weighted by Crippen LogP contribution is -2.47. The third-order valence-electron chi connectivity index (χ3n) is 7.60. The Morgan fingerprint density at radius 3 is 2.24 bits per heavy atom. The maximum absolute atomic E-state index is 13.0. The van der Waals surface area contributed by atoms with Crippen LogP contribution in [-0.4, -0.2) is 22.7 Å². The summed E-state index contributed by atoms with van der Waals surface area (Å²) in [4.78, 5) is 40.2. The van der Waals surface area contributed by atoms with E-state index in [1.165, 1.54) is 4.88 Å². The molecule has 0 radical (unpaired) electrons. The summed E-state index contributed by atoms with van der Waals surface area (Å²) >= 11 is 1.63. The van der Waals surface area contributed by atoms with E-state index in [0.717, 1.165) is 42.7 Å². The van der Waals surface area contributed by atoms with Crippen LogP contribution >= 0.6 is 11.3 Å². The van der Waals surface area contributed by atoms with Gasteiger partial charge >= 0.3 is 0 Å². The number of hydrazine groups is 1. The zero-order chi connectivity index (χ0) is 20.5. The molecule has 6 rings (SSSR count). The molecule has 5 atom stereocenters. The molecule has 154 valence electrons. The van der Waals surface area contributed by atoms with Crippen molar-refractivity contribution in [2.45, 2.75) is 52.9 Å². The third kappa shape index (κ3) is 2.90. The van der Waals surface area contributed by atoms with Crippen molar-refractivity contribution in [2.75, 3.05) is 0 Å². The molecular formula is C23H28N2O3S. The molecule has 2 fully saturated rings. The Balaban J connectivity index is 1.34. The van der Waals surface area contributed by atoms with Gasteiger partial charge in [0.15, 0.2) is 0 Å². The van der Waals surface area contributed by atoms with Crippen molar-refractivity contribution < 1.29 is 14.4 Å². The van der Waals surface area contributed by atoms with Crippen LogP contribution in [0.3, 0.4) is 0 Å². The third-order valence-corrected chi connectivity index (χ3v) is 8.65. The molecule has 2 bridgehead atoms. The van der Waals surface area contributed by atoms with Gasteiger partial charge < -0.3 is 0 Å². The van der Waals surface area contributed by atoms with E-state index in [9.17, 15) is 14.4 Å². The van der Waals surface area contributed by atoms with E-state index < -0.39 is 0 Å². The molecule has 6 heteroatoms. The van der Waals surface area contributed by atoms with Gasteiger partial charge in [-0.2, -0.15) is 5.01 Å². The van der Waals surface area contributed by atoms with Gasteiger partial charge in [0.05, 0.1) is 17.4 Å². The SMILES string of the molecule is CC(C)(C)[C@@H]1CCc2c(C(=O)NN3C(=O)[C@H]4[C@H](C3=O)[C@H]3C=C[C@H]4CC3)csc2C1. The molecule has 4 aliphatic carbocycles. The van der Waals surface area contributed by atoms with Crippen molar-refractivity contribution >= 4 is 29.1 Å². The minimum atomic E-state index is -0.322. The Labute approximate surface area is 175 Å². The van der Waals surface area contributed by atoms with Gasteiger partial charge in [-0.25, -0.2) is 0 Å². The first kappa shape index (κ1) is 19.0. The van der Waals surface area contributed by atoms with E-state index in [0.29, 0.717) is 11.5 Å². The van der Waals surface area contributed by atoms with Crippen LogP contribution in [0.15, 0.2) is 17.5 Å². The summed E-state index contributed by atoms with van der Waals surface area (Å²) in [5, 5.41) is 2.93. The number of allylic oxidation sites excluding steroid dienone is 2. The second-order valence-electron chi connectivity index (χ2n) is 10.2. The van der Waals surface area contributed by atoms with Crippen molar-refractivity contribution in [1.82, 2.24) is 10.4 Å². The van der Waals surface area contributed by atoms with Gasteiger partial charge in [0.1, 0.15) is 0 Å². The molecule has 1 saturated heterocycles. The van der Waals surface area contributed by atoms with E-state index in [4.69, 9.17) is 0 Å². The van der Waals surface area contributed by atoms with Gasteiger partial charge in [0.25, 0.3) is 17.7 Å². The van der Waals surface area contributed by atoms with E-state index in [-0.39, 0.29) is 46.8 Å². The van der Waals surface area contributed by atoms with Crippen molar-refractivity contribution in [1.29, 1.82) is 0 Å². The number of nitrogens with zero attached hydrogens (tertiary/aromatic N) is 1. The van der Waals surface area contributed by atoms with Crippen LogP contribution in [0.25, 0.3) is 0 Å². The van der Waals surface area contributed by atoms with Crippen LogP contribution in [0.2, 0.25) is 0 Å². The Morgan fingerprint density at radius 2 is 1.69 bits per heavy atom. The quantitative estimate of drug-likeness (QED) is 0.594. The molecule has 1 aromatic rings. The highest BCUT2D eigenvalue weighted by Crippen LogP contribution is 2.49. The van der Waals surface area contributed by atoms with Crippen LogP contribution in [0.4, 0.5) is 0 Å². The molecule has 0 spiro atoms. The van der Waals surface area contributed by atoms with Crippen molar-refractivity contribution in [3.63, 3.8) is 0 Å². The van der Waals surface area contributed by atoms with Crippen LogP contribution < -0.4 is 5.43 Å². The molecule has 1 N–H and O–H groups in total. The predicted molar refractivity (Wildman–Crippen MR) is 111 cm³/mol. The number of thiophene rings is 1. The summed E-state index contributed by atoms with van der Waals surface area (Å²) in [6, 6.07) is 0. The zero-order valence-corrected chi connectivity index (χ0v) is 18.1. The topological polar surface area (TPSA) is 66.5 Å².